The first-order chi connectivity index (χ1) is 8.13. The molecule has 0 heterocycles. The highest BCUT2D eigenvalue weighted by Crippen LogP contribution is 2.20. The highest BCUT2D eigenvalue weighted by atomic mass is 35.5. The van der Waals surface area contributed by atoms with Crippen LogP contribution in [0.4, 0.5) is 4.39 Å². The summed E-state index contributed by atoms with van der Waals surface area (Å²) in [4.78, 5) is 0. The summed E-state index contributed by atoms with van der Waals surface area (Å²) in [5.41, 5.74) is 0.925. The van der Waals surface area contributed by atoms with E-state index in [4.69, 9.17) is 16.3 Å². The molecule has 0 saturated heterocycles. The molecule has 0 fully saturated rings. The van der Waals surface area contributed by atoms with E-state index in [0.717, 1.165) is 18.5 Å². The van der Waals surface area contributed by atoms with Crippen LogP contribution in [-0.4, -0.2) is 19.7 Å². The number of hydrogen-bond acceptors (Lipinski definition) is 2. The minimum Gasteiger partial charge on any atom is -0.489 e. The molecule has 0 aliphatic rings. The minimum atomic E-state index is -0.473. The zero-order chi connectivity index (χ0) is 12.7. The number of nitrogens with one attached hydrogen (secondary N) is 1. The number of hydrogen-bond donors (Lipinski definition) is 1. The van der Waals surface area contributed by atoms with Crippen molar-refractivity contribution in [2.24, 2.45) is 0 Å². The molecule has 0 radical (unpaired) electrons. The van der Waals surface area contributed by atoms with Crippen molar-refractivity contribution in [1.82, 2.24) is 5.32 Å². The Labute approximate surface area is 106 Å². The Balaban J connectivity index is 2.34. The third-order valence-corrected chi connectivity index (χ3v) is 2.44. The van der Waals surface area contributed by atoms with Crippen molar-refractivity contribution in [1.29, 1.82) is 0 Å². The molecule has 0 unspecified atom stereocenters. The number of halogens is 2. The zero-order valence-corrected chi connectivity index (χ0v) is 10.7. The Hall–Kier alpha value is -1.06. The largest absolute Gasteiger partial charge is 0.489 e. The summed E-state index contributed by atoms with van der Waals surface area (Å²) in [5, 5.41) is 3.31. The quantitative estimate of drug-likeness (QED) is 0.597. The lowest BCUT2D eigenvalue weighted by Gasteiger charge is -2.09. The van der Waals surface area contributed by atoms with Crippen molar-refractivity contribution in [3.05, 3.63) is 41.2 Å². The molecular formula is C13H17ClFNO. The van der Waals surface area contributed by atoms with E-state index >= 15 is 0 Å². The average molecular weight is 258 g/mol. The van der Waals surface area contributed by atoms with Crippen LogP contribution in [0.1, 0.15) is 13.3 Å². The van der Waals surface area contributed by atoms with Gasteiger partial charge in [-0.2, -0.15) is 0 Å². The lowest BCUT2D eigenvalue weighted by Crippen LogP contribution is -2.20. The van der Waals surface area contributed by atoms with Crippen molar-refractivity contribution in [3.8, 4) is 5.75 Å². The zero-order valence-electron chi connectivity index (χ0n) is 9.93. The maximum Gasteiger partial charge on any atom is 0.145 e. The van der Waals surface area contributed by atoms with Gasteiger partial charge in [-0.05, 0) is 30.7 Å². The second-order valence-electron chi connectivity index (χ2n) is 3.79. The van der Waals surface area contributed by atoms with E-state index < -0.39 is 5.82 Å². The van der Waals surface area contributed by atoms with Crippen LogP contribution in [0.15, 0.2) is 30.4 Å². The third-order valence-electron chi connectivity index (χ3n) is 2.14. The van der Waals surface area contributed by atoms with Gasteiger partial charge in [-0.15, -0.1) is 0 Å². The summed E-state index contributed by atoms with van der Waals surface area (Å²) < 4.78 is 18.5. The smallest absolute Gasteiger partial charge is 0.145 e. The summed E-state index contributed by atoms with van der Waals surface area (Å²) in [6.07, 6.45) is 1.08. The monoisotopic (exact) mass is 257 g/mol. The van der Waals surface area contributed by atoms with E-state index in [9.17, 15) is 4.39 Å². The fourth-order valence-corrected chi connectivity index (χ4v) is 1.36. The maximum absolute atomic E-state index is 13.1. The van der Waals surface area contributed by atoms with E-state index in [2.05, 4.69) is 18.8 Å². The molecule has 0 saturated carbocycles. The Kier molecular flexibility index (Phi) is 6.01. The van der Waals surface area contributed by atoms with Crippen molar-refractivity contribution in [3.63, 3.8) is 0 Å². The van der Waals surface area contributed by atoms with Crippen LogP contribution in [0.5, 0.6) is 5.75 Å². The van der Waals surface area contributed by atoms with Crippen LogP contribution < -0.4 is 10.1 Å². The van der Waals surface area contributed by atoms with Gasteiger partial charge >= 0.3 is 0 Å². The highest BCUT2D eigenvalue weighted by molar-refractivity contribution is 6.30. The predicted molar refractivity (Wildman–Crippen MR) is 69.2 cm³/mol. The van der Waals surface area contributed by atoms with Crippen LogP contribution in [0.25, 0.3) is 0 Å². The normalized spacial score (nSPS) is 10.3. The van der Waals surface area contributed by atoms with E-state index in [1.807, 2.05) is 0 Å². The van der Waals surface area contributed by atoms with Gasteiger partial charge in [-0.1, -0.05) is 25.1 Å². The maximum atomic E-state index is 13.1. The van der Waals surface area contributed by atoms with Crippen molar-refractivity contribution < 1.29 is 9.13 Å². The first-order valence-corrected chi connectivity index (χ1v) is 5.96. The van der Waals surface area contributed by atoms with Gasteiger partial charge in [-0.25, -0.2) is 4.39 Å². The van der Waals surface area contributed by atoms with Gasteiger partial charge in [0.05, 0.1) is 5.02 Å². The molecule has 0 aliphatic carbocycles. The van der Waals surface area contributed by atoms with Gasteiger partial charge in [0, 0.05) is 12.6 Å². The molecular weight excluding hydrogens is 241 g/mol. The Morgan fingerprint density at radius 3 is 2.94 bits per heavy atom. The van der Waals surface area contributed by atoms with Gasteiger partial charge in [-0.3, -0.25) is 0 Å². The predicted octanol–water partition coefficient (Wildman–Crippen LogP) is 3.41. The molecule has 1 rings (SSSR count). The molecule has 1 aromatic rings. The standard InChI is InChI=1S/C13H17ClFNO/c1-3-6-16-8-10(2)9-17-11-4-5-12(14)13(15)7-11/h4-5,7,16H,2-3,6,8-9H2,1H3. The molecule has 94 valence electrons. The van der Waals surface area contributed by atoms with Gasteiger partial charge < -0.3 is 10.1 Å². The van der Waals surface area contributed by atoms with Crippen molar-refractivity contribution >= 4 is 11.6 Å². The molecule has 4 heteroatoms. The molecule has 1 N–H and O–H groups in total. The number of ether oxygens (including phenoxy) is 1. The lowest BCUT2D eigenvalue weighted by atomic mass is 10.3. The van der Waals surface area contributed by atoms with Crippen molar-refractivity contribution in [2.45, 2.75) is 13.3 Å². The van der Waals surface area contributed by atoms with Crippen LogP contribution in [0.2, 0.25) is 5.02 Å². The van der Waals surface area contributed by atoms with Crippen molar-refractivity contribution in [2.75, 3.05) is 19.7 Å². The molecule has 0 aliphatic heterocycles. The summed E-state index contributed by atoms with van der Waals surface area (Å²) in [5.74, 6) is -0.0116. The topological polar surface area (TPSA) is 21.3 Å². The van der Waals surface area contributed by atoms with E-state index in [1.54, 1.807) is 6.07 Å². The number of rotatable bonds is 7. The summed E-state index contributed by atoms with van der Waals surface area (Å²) in [6.45, 7) is 8.01. The highest BCUT2D eigenvalue weighted by Gasteiger charge is 2.02. The van der Waals surface area contributed by atoms with Crippen LogP contribution in [0.3, 0.4) is 0 Å². The first kappa shape index (κ1) is 14.0. The average Bonchev–Trinajstić information content (AvgIpc) is 2.31. The fraction of sp³-hybridized carbons (Fsp3) is 0.385. The number of benzene rings is 1. The van der Waals surface area contributed by atoms with Gasteiger partial charge in [0.25, 0.3) is 0 Å². The summed E-state index contributed by atoms with van der Waals surface area (Å²) >= 11 is 5.57. The Morgan fingerprint density at radius 1 is 1.53 bits per heavy atom. The fourth-order valence-electron chi connectivity index (χ4n) is 1.25. The van der Waals surface area contributed by atoms with Gasteiger partial charge in [0.1, 0.15) is 18.2 Å². The molecule has 0 amide bonds. The molecule has 0 spiro atoms. The Bertz CT molecular complexity index is 382. The lowest BCUT2D eigenvalue weighted by molar-refractivity contribution is 0.346. The van der Waals surface area contributed by atoms with E-state index in [-0.39, 0.29) is 5.02 Å². The molecule has 1 aromatic carbocycles. The molecule has 0 aromatic heterocycles. The van der Waals surface area contributed by atoms with E-state index in [1.165, 1.54) is 12.1 Å². The first-order valence-electron chi connectivity index (χ1n) is 5.58. The molecule has 17 heavy (non-hydrogen) atoms. The summed E-state index contributed by atoms with van der Waals surface area (Å²) in [6, 6.07) is 4.39. The molecule has 0 atom stereocenters. The minimum absolute atomic E-state index is 0.0980. The Morgan fingerprint density at radius 2 is 2.29 bits per heavy atom. The second kappa shape index (κ2) is 7.30. The molecule has 0 bridgehead atoms. The second-order valence-corrected chi connectivity index (χ2v) is 4.20. The van der Waals surface area contributed by atoms with Crippen LogP contribution in [-0.2, 0) is 0 Å². The van der Waals surface area contributed by atoms with E-state index in [0.29, 0.717) is 18.9 Å². The van der Waals surface area contributed by atoms with Gasteiger partial charge in [0.15, 0.2) is 0 Å². The molecule has 2 nitrogen and oxygen atoms in total. The third kappa shape index (κ3) is 5.20. The van der Waals surface area contributed by atoms with Crippen LogP contribution >= 0.6 is 11.6 Å². The van der Waals surface area contributed by atoms with Gasteiger partial charge in [0.2, 0.25) is 0 Å². The SMILES string of the molecule is C=C(CNCCC)COc1ccc(Cl)c(F)c1. The summed E-state index contributed by atoms with van der Waals surface area (Å²) in [7, 11) is 0. The van der Waals surface area contributed by atoms with Crippen LogP contribution in [0, 0.1) is 5.82 Å².